The van der Waals surface area contributed by atoms with E-state index in [-0.39, 0.29) is 5.57 Å². The van der Waals surface area contributed by atoms with Gasteiger partial charge < -0.3 is 9.47 Å². The lowest BCUT2D eigenvalue weighted by Gasteiger charge is -2.26. The molecule has 0 bridgehead atoms. The Morgan fingerprint density at radius 3 is 2.51 bits per heavy atom. The second kappa shape index (κ2) is 11.4. The van der Waals surface area contributed by atoms with E-state index in [1.165, 1.54) is 28.9 Å². The van der Waals surface area contributed by atoms with Crippen molar-refractivity contribution in [1.29, 1.82) is 0 Å². The number of carbonyl (C=O) groups is 3. The number of fused-ring (bicyclic) bond motifs is 1. The molecule has 0 unspecified atom stereocenters. The van der Waals surface area contributed by atoms with Crippen LogP contribution in [0.1, 0.15) is 11.1 Å². The first kappa shape index (κ1) is 26.1. The van der Waals surface area contributed by atoms with E-state index in [0.717, 1.165) is 16.2 Å². The highest BCUT2D eigenvalue weighted by molar-refractivity contribution is 7.99. The molecule has 4 aromatic carbocycles. The van der Waals surface area contributed by atoms with E-state index in [1.54, 1.807) is 48.2 Å². The maximum atomic E-state index is 13.2. The molecule has 1 saturated heterocycles. The third kappa shape index (κ3) is 5.66. The van der Waals surface area contributed by atoms with Crippen molar-refractivity contribution in [2.75, 3.05) is 24.4 Å². The lowest BCUT2D eigenvalue weighted by molar-refractivity contribution is -0.122. The zero-order valence-corrected chi connectivity index (χ0v) is 22.3. The highest BCUT2D eigenvalue weighted by Gasteiger charge is 2.36. The summed E-state index contributed by atoms with van der Waals surface area (Å²) in [7, 11) is 1.53. The van der Waals surface area contributed by atoms with Crippen molar-refractivity contribution >= 4 is 52.1 Å². The largest absolute Gasteiger partial charge is 0.493 e. The molecule has 1 fully saturated rings. The number of barbiturate groups is 1. The number of ether oxygens (including phenoxy) is 2. The van der Waals surface area contributed by atoms with Crippen LogP contribution in [0.15, 0.2) is 95.4 Å². The zero-order chi connectivity index (χ0) is 27.4. The van der Waals surface area contributed by atoms with E-state index < -0.39 is 17.8 Å². The highest BCUT2D eigenvalue weighted by Crippen LogP contribution is 2.31. The third-order valence-corrected chi connectivity index (χ3v) is 7.25. The quantitative estimate of drug-likeness (QED) is 0.128. The van der Waals surface area contributed by atoms with Crippen LogP contribution in [0, 0.1) is 6.92 Å². The van der Waals surface area contributed by atoms with Gasteiger partial charge in [0.25, 0.3) is 11.8 Å². The molecule has 4 amide bonds. The summed E-state index contributed by atoms with van der Waals surface area (Å²) >= 11 is 1.72. The number of aryl methyl sites for hydroxylation is 1. The summed E-state index contributed by atoms with van der Waals surface area (Å²) in [5.41, 5.74) is 1.67. The minimum absolute atomic E-state index is 0.154. The molecule has 1 N–H and O–H groups in total. The molecule has 0 saturated carbocycles. The number of carbonyl (C=O) groups excluding carboxylic acids is 3. The summed E-state index contributed by atoms with van der Waals surface area (Å²) in [6.07, 6.45) is 1.44. The number of benzene rings is 4. The first-order valence-corrected chi connectivity index (χ1v) is 13.3. The molecule has 1 aliphatic heterocycles. The van der Waals surface area contributed by atoms with Crippen LogP contribution >= 0.6 is 11.8 Å². The minimum atomic E-state index is -0.782. The Morgan fingerprint density at radius 1 is 0.897 bits per heavy atom. The van der Waals surface area contributed by atoms with Crippen molar-refractivity contribution in [2.24, 2.45) is 0 Å². The van der Waals surface area contributed by atoms with Gasteiger partial charge in [0.05, 0.1) is 19.4 Å². The minimum Gasteiger partial charge on any atom is -0.493 e. The van der Waals surface area contributed by atoms with E-state index in [4.69, 9.17) is 9.47 Å². The van der Waals surface area contributed by atoms with Gasteiger partial charge in [-0.1, -0.05) is 54.6 Å². The number of urea groups is 1. The number of rotatable bonds is 8. The van der Waals surface area contributed by atoms with Gasteiger partial charge in [0.15, 0.2) is 11.5 Å². The molecule has 196 valence electrons. The average Bonchev–Trinajstić information content (AvgIpc) is 2.93. The fraction of sp³-hybridized carbons (Fsp3) is 0.129. The zero-order valence-electron chi connectivity index (χ0n) is 21.5. The number of imide groups is 2. The molecule has 7 nitrogen and oxygen atoms in total. The van der Waals surface area contributed by atoms with Crippen molar-refractivity contribution in [2.45, 2.75) is 11.8 Å². The molecule has 8 heteroatoms. The third-order valence-electron chi connectivity index (χ3n) is 6.21. The van der Waals surface area contributed by atoms with Gasteiger partial charge in [-0.15, -0.1) is 11.8 Å². The molecule has 0 spiro atoms. The first-order chi connectivity index (χ1) is 18.9. The van der Waals surface area contributed by atoms with Crippen LogP contribution in [0.25, 0.3) is 16.8 Å². The van der Waals surface area contributed by atoms with Gasteiger partial charge in [0.1, 0.15) is 5.57 Å². The van der Waals surface area contributed by atoms with Crippen LogP contribution in [-0.2, 0) is 9.59 Å². The van der Waals surface area contributed by atoms with Gasteiger partial charge in [0.2, 0.25) is 0 Å². The molecule has 1 heterocycles. The fourth-order valence-corrected chi connectivity index (χ4v) is 5.25. The lowest BCUT2D eigenvalue weighted by Crippen LogP contribution is -2.54. The predicted molar refractivity (Wildman–Crippen MR) is 153 cm³/mol. The molecule has 5 rings (SSSR count). The molecule has 0 aliphatic carbocycles. The van der Waals surface area contributed by atoms with Crippen LogP contribution in [0.2, 0.25) is 0 Å². The van der Waals surface area contributed by atoms with Gasteiger partial charge in [-0.05, 0) is 65.2 Å². The Kier molecular flexibility index (Phi) is 7.65. The number of thioether (sulfide) groups is 1. The van der Waals surface area contributed by atoms with Crippen molar-refractivity contribution in [3.63, 3.8) is 0 Å². The van der Waals surface area contributed by atoms with Gasteiger partial charge in [-0.2, -0.15) is 0 Å². The van der Waals surface area contributed by atoms with Crippen molar-refractivity contribution in [3.8, 4) is 11.5 Å². The number of methoxy groups -OCH3 is 1. The Bertz CT molecular complexity index is 1610. The number of hydrogen-bond donors (Lipinski definition) is 1. The number of amides is 4. The number of nitrogens with zero attached hydrogens (tertiary/aromatic N) is 1. The molecule has 39 heavy (non-hydrogen) atoms. The second-order valence-electron chi connectivity index (χ2n) is 8.88. The van der Waals surface area contributed by atoms with E-state index >= 15 is 0 Å². The molecule has 4 aromatic rings. The Hall–Kier alpha value is -4.56. The summed E-state index contributed by atoms with van der Waals surface area (Å²) in [4.78, 5) is 40.3. The standard InChI is InChI=1S/C31H26N2O5S/c1-20-7-5-10-23(17-20)33-30(35)25(29(34)32-31(33)36)18-21-13-14-26(27(19-21)37-2)38-15-16-39-28-12-6-9-22-8-3-4-11-24(22)28/h3-14,17-19H,15-16H2,1-2H3,(H,32,34,36)/b25-18-. The van der Waals surface area contributed by atoms with E-state index in [9.17, 15) is 14.4 Å². The van der Waals surface area contributed by atoms with Crippen LogP contribution in [0.4, 0.5) is 10.5 Å². The van der Waals surface area contributed by atoms with Crippen molar-refractivity contribution in [1.82, 2.24) is 5.32 Å². The Labute approximate surface area is 230 Å². The second-order valence-corrected chi connectivity index (χ2v) is 10.0. The monoisotopic (exact) mass is 538 g/mol. The normalized spacial score (nSPS) is 14.6. The fourth-order valence-electron chi connectivity index (χ4n) is 4.34. The summed E-state index contributed by atoms with van der Waals surface area (Å²) in [6, 6.07) is 25.9. The summed E-state index contributed by atoms with van der Waals surface area (Å²) in [6.45, 7) is 2.31. The van der Waals surface area contributed by atoms with Crippen molar-refractivity contribution in [3.05, 3.63) is 102 Å². The van der Waals surface area contributed by atoms with E-state index in [1.807, 2.05) is 25.1 Å². The Morgan fingerprint density at radius 2 is 1.69 bits per heavy atom. The summed E-state index contributed by atoms with van der Waals surface area (Å²) in [5, 5.41) is 4.66. The van der Waals surface area contributed by atoms with Crippen LogP contribution < -0.4 is 19.7 Å². The number of nitrogens with one attached hydrogen (secondary N) is 1. The molecular formula is C31H26N2O5S. The molecule has 0 radical (unpaired) electrons. The van der Waals surface area contributed by atoms with Crippen LogP contribution in [-0.4, -0.2) is 37.3 Å². The average molecular weight is 539 g/mol. The molecular weight excluding hydrogens is 512 g/mol. The maximum Gasteiger partial charge on any atom is 0.335 e. The predicted octanol–water partition coefficient (Wildman–Crippen LogP) is 5.99. The molecule has 0 atom stereocenters. The van der Waals surface area contributed by atoms with E-state index in [0.29, 0.717) is 29.4 Å². The lowest BCUT2D eigenvalue weighted by atomic mass is 10.1. The molecule has 1 aliphatic rings. The number of hydrogen-bond acceptors (Lipinski definition) is 6. The van der Waals surface area contributed by atoms with Gasteiger partial charge in [-0.25, -0.2) is 9.69 Å². The maximum absolute atomic E-state index is 13.2. The highest BCUT2D eigenvalue weighted by atomic mass is 32.2. The van der Waals surface area contributed by atoms with E-state index in [2.05, 4.69) is 35.6 Å². The summed E-state index contributed by atoms with van der Waals surface area (Å²) in [5.74, 6) is 0.308. The molecule has 0 aromatic heterocycles. The van der Waals surface area contributed by atoms with Crippen LogP contribution in [0.3, 0.4) is 0 Å². The van der Waals surface area contributed by atoms with Gasteiger partial charge >= 0.3 is 6.03 Å². The van der Waals surface area contributed by atoms with Gasteiger partial charge in [0, 0.05) is 10.6 Å². The smallest absolute Gasteiger partial charge is 0.335 e. The summed E-state index contributed by atoms with van der Waals surface area (Å²) < 4.78 is 11.5. The van der Waals surface area contributed by atoms with Gasteiger partial charge in [-0.3, -0.25) is 14.9 Å². The Balaban J connectivity index is 1.29. The first-order valence-electron chi connectivity index (χ1n) is 12.3. The topological polar surface area (TPSA) is 84.9 Å². The SMILES string of the molecule is COc1cc(/C=C2/C(=O)NC(=O)N(c3cccc(C)c3)C2=O)ccc1OCCSc1cccc2ccccc12. The van der Waals surface area contributed by atoms with Crippen molar-refractivity contribution < 1.29 is 23.9 Å². The van der Waals surface area contributed by atoms with Crippen LogP contribution in [0.5, 0.6) is 11.5 Å². The number of anilines is 1.